The number of hydrogen-bond donors (Lipinski definition) is 1. The first-order valence-electron chi connectivity index (χ1n) is 6.92. The van der Waals surface area contributed by atoms with Gasteiger partial charge in [-0.15, -0.1) is 0 Å². The van der Waals surface area contributed by atoms with Crippen LogP contribution in [0.1, 0.15) is 45.2 Å². The van der Waals surface area contributed by atoms with Crippen LogP contribution in [0.3, 0.4) is 0 Å². The molecule has 2 aromatic rings. The second-order valence-corrected chi connectivity index (χ2v) is 5.72. The molecule has 1 heterocycles. The number of nitrogens with two attached hydrogens (primary N) is 1. The van der Waals surface area contributed by atoms with Crippen LogP contribution in [0.2, 0.25) is 5.02 Å². The van der Waals surface area contributed by atoms with Crippen molar-refractivity contribution in [1.82, 2.24) is 4.98 Å². The number of pyridine rings is 1. The molecule has 0 fully saturated rings. The minimum Gasteiger partial charge on any atom is -0.366 e. The molecule has 0 bridgehead atoms. The van der Waals surface area contributed by atoms with Gasteiger partial charge in [0.05, 0.1) is 11.3 Å². The van der Waals surface area contributed by atoms with E-state index < -0.39 is 5.91 Å². The maximum atomic E-state index is 14.0. The fourth-order valence-corrected chi connectivity index (χ4v) is 3.21. The molecule has 5 heteroatoms. The van der Waals surface area contributed by atoms with Crippen molar-refractivity contribution >= 4 is 23.6 Å². The first-order chi connectivity index (χ1) is 10.5. The number of carbonyl (C=O) groups excluding carboxylic acids is 1. The van der Waals surface area contributed by atoms with Crippen molar-refractivity contribution in [3.05, 3.63) is 69.8 Å². The minimum absolute atomic E-state index is 0.0381. The summed E-state index contributed by atoms with van der Waals surface area (Å²) in [6.07, 6.45) is 2.90. The summed E-state index contributed by atoms with van der Waals surface area (Å²) in [7, 11) is 0. The Labute approximate surface area is 132 Å². The summed E-state index contributed by atoms with van der Waals surface area (Å²) in [5.74, 6) is -0.860. The quantitative estimate of drug-likeness (QED) is 0.938. The molecule has 2 N–H and O–H groups in total. The van der Waals surface area contributed by atoms with Gasteiger partial charge < -0.3 is 5.73 Å². The third-order valence-corrected chi connectivity index (χ3v) is 4.23. The zero-order valence-electron chi connectivity index (χ0n) is 11.8. The lowest BCUT2D eigenvalue weighted by Crippen LogP contribution is -2.14. The fourth-order valence-electron chi connectivity index (χ4n) is 3.00. The number of benzene rings is 1. The summed E-state index contributed by atoms with van der Waals surface area (Å²) >= 11 is 5.97. The summed E-state index contributed by atoms with van der Waals surface area (Å²) in [5, 5.41) is 0.376. The zero-order chi connectivity index (χ0) is 15.9. The summed E-state index contributed by atoms with van der Waals surface area (Å²) in [5.41, 5.74) is 8.40. The topological polar surface area (TPSA) is 56.0 Å². The Hall–Kier alpha value is -2.20. The minimum atomic E-state index is -0.546. The number of aromatic nitrogens is 1. The van der Waals surface area contributed by atoms with Crippen LogP contribution < -0.4 is 5.73 Å². The van der Waals surface area contributed by atoms with E-state index in [0.717, 1.165) is 17.7 Å². The average molecular weight is 317 g/mol. The van der Waals surface area contributed by atoms with Crippen LogP contribution in [-0.2, 0) is 6.42 Å². The Kier molecular flexibility index (Phi) is 3.71. The maximum absolute atomic E-state index is 14.0. The first-order valence-corrected chi connectivity index (χ1v) is 7.30. The number of rotatable bonds is 3. The Morgan fingerprint density at radius 3 is 2.91 bits per heavy atom. The van der Waals surface area contributed by atoms with Gasteiger partial charge in [0.15, 0.2) is 0 Å². The number of amides is 1. The SMILES string of the molecule is C=Cc1nc([C@@H]2CCc3c(F)cc(Cl)cc32)ccc1C(N)=O. The van der Waals surface area contributed by atoms with Gasteiger partial charge in [0.2, 0.25) is 0 Å². The standard InChI is InChI=1S/C17H14ClFN2O/c1-2-15-12(17(20)22)5-6-16(21-15)11-4-3-10-13(11)7-9(18)8-14(10)19/h2,5-8,11H,1,3-4H2,(H2,20,22)/t11-/m1/s1. The fraction of sp³-hybridized carbons (Fsp3) is 0.176. The highest BCUT2D eigenvalue weighted by atomic mass is 35.5. The zero-order valence-corrected chi connectivity index (χ0v) is 12.5. The van der Waals surface area contributed by atoms with E-state index in [-0.39, 0.29) is 11.7 Å². The molecule has 1 atom stereocenters. The highest BCUT2D eigenvalue weighted by Crippen LogP contribution is 2.40. The van der Waals surface area contributed by atoms with Crippen molar-refractivity contribution in [2.75, 3.05) is 0 Å². The second-order valence-electron chi connectivity index (χ2n) is 5.28. The van der Waals surface area contributed by atoms with Crippen molar-refractivity contribution in [1.29, 1.82) is 0 Å². The maximum Gasteiger partial charge on any atom is 0.250 e. The van der Waals surface area contributed by atoms with Crippen LogP contribution >= 0.6 is 11.6 Å². The van der Waals surface area contributed by atoms with Gasteiger partial charge in [-0.05, 0) is 54.3 Å². The van der Waals surface area contributed by atoms with E-state index in [9.17, 15) is 9.18 Å². The molecule has 0 saturated carbocycles. The normalized spacial score (nSPS) is 16.4. The number of halogens is 2. The van der Waals surface area contributed by atoms with E-state index in [1.54, 1.807) is 18.2 Å². The second kappa shape index (κ2) is 5.54. The lowest BCUT2D eigenvalue weighted by molar-refractivity contribution is 0.0999. The van der Waals surface area contributed by atoms with E-state index in [1.165, 1.54) is 12.1 Å². The largest absolute Gasteiger partial charge is 0.366 e. The molecule has 112 valence electrons. The summed E-state index contributed by atoms with van der Waals surface area (Å²) < 4.78 is 14.0. The number of hydrogen-bond acceptors (Lipinski definition) is 2. The van der Waals surface area contributed by atoms with E-state index >= 15 is 0 Å². The summed E-state index contributed by atoms with van der Waals surface area (Å²) in [6.45, 7) is 3.66. The van der Waals surface area contributed by atoms with Gasteiger partial charge in [0.25, 0.3) is 5.91 Å². The highest BCUT2D eigenvalue weighted by molar-refractivity contribution is 6.30. The van der Waals surface area contributed by atoms with E-state index in [1.807, 2.05) is 0 Å². The smallest absolute Gasteiger partial charge is 0.250 e. The number of primary amides is 1. The van der Waals surface area contributed by atoms with Gasteiger partial charge >= 0.3 is 0 Å². The molecule has 3 rings (SSSR count). The van der Waals surface area contributed by atoms with Crippen LogP contribution in [-0.4, -0.2) is 10.9 Å². The van der Waals surface area contributed by atoms with Gasteiger partial charge in [0.1, 0.15) is 5.82 Å². The molecule has 3 nitrogen and oxygen atoms in total. The van der Waals surface area contributed by atoms with Crippen molar-refractivity contribution in [2.24, 2.45) is 5.73 Å². The molecule has 1 aliphatic rings. The van der Waals surface area contributed by atoms with Crippen molar-refractivity contribution in [2.45, 2.75) is 18.8 Å². The molecule has 0 spiro atoms. The average Bonchev–Trinajstić information content (AvgIpc) is 2.90. The molecule has 1 aromatic carbocycles. The van der Waals surface area contributed by atoms with Gasteiger partial charge in [0, 0.05) is 16.6 Å². The van der Waals surface area contributed by atoms with Crippen molar-refractivity contribution < 1.29 is 9.18 Å². The van der Waals surface area contributed by atoms with Crippen LogP contribution in [0.4, 0.5) is 4.39 Å². The van der Waals surface area contributed by atoms with Crippen LogP contribution in [0, 0.1) is 5.82 Å². The third kappa shape index (κ3) is 2.40. The molecule has 0 radical (unpaired) electrons. The molecule has 0 saturated heterocycles. The van der Waals surface area contributed by atoms with E-state index in [2.05, 4.69) is 11.6 Å². The Balaban J connectivity index is 2.08. The van der Waals surface area contributed by atoms with Gasteiger partial charge in [-0.1, -0.05) is 18.2 Å². The predicted molar refractivity (Wildman–Crippen MR) is 84.4 cm³/mol. The Morgan fingerprint density at radius 2 is 2.23 bits per heavy atom. The monoisotopic (exact) mass is 316 g/mol. The molecule has 1 aliphatic carbocycles. The molecule has 1 aromatic heterocycles. The first kappa shape index (κ1) is 14.7. The van der Waals surface area contributed by atoms with Crippen LogP contribution in [0.25, 0.3) is 6.08 Å². The third-order valence-electron chi connectivity index (χ3n) is 4.02. The predicted octanol–water partition coefficient (Wildman–Crippen LogP) is 3.69. The van der Waals surface area contributed by atoms with Crippen molar-refractivity contribution in [3.63, 3.8) is 0 Å². The molecule has 0 aliphatic heterocycles. The molecule has 1 amide bonds. The summed E-state index contributed by atoms with van der Waals surface area (Å²) in [4.78, 5) is 15.8. The number of nitrogens with zero attached hydrogens (tertiary/aromatic N) is 1. The number of carbonyl (C=O) groups is 1. The van der Waals surface area contributed by atoms with Crippen molar-refractivity contribution in [3.8, 4) is 0 Å². The Bertz CT molecular complexity index is 788. The molecular weight excluding hydrogens is 303 g/mol. The number of fused-ring (bicyclic) bond motifs is 1. The molecule has 0 unspecified atom stereocenters. The Morgan fingerprint density at radius 1 is 1.45 bits per heavy atom. The van der Waals surface area contributed by atoms with Crippen LogP contribution in [0.15, 0.2) is 30.8 Å². The highest BCUT2D eigenvalue weighted by Gasteiger charge is 2.28. The molecule has 22 heavy (non-hydrogen) atoms. The van der Waals surface area contributed by atoms with E-state index in [4.69, 9.17) is 17.3 Å². The van der Waals surface area contributed by atoms with Gasteiger partial charge in [-0.25, -0.2) is 4.39 Å². The van der Waals surface area contributed by atoms with Gasteiger partial charge in [-0.2, -0.15) is 0 Å². The van der Waals surface area contributed by atoms with E-state index in [0.29, 0.717) is 28.3 Å². The molecular formula is C17H14ClFN2O. The summed E-state index contributed by atoms with van der Waals surface area (Å²) in [6, 6.07) is 6.52. The lowest BCUT2D eigenvalue weighted by Gasteiger charge is -2.13. The van der Waals surface area contributed by atoms with Crippen LogP contribution in [0.5, 0.6) is 0 Å². The van der Waals surface area contributed by atoms with Gasteiger partial charge in [-0.3, -0.25) is 9.78 Å². The lowest BCUT2D eigenvalue weighted by atomic mass is 9.96.